The molecule has 0 radical (unpaired) electrons. The van der Waals surface area contributed by atoms with Crippen molar-refractivity contribution in [2.24, 2.45) is 0 Å². The van der Waals surface area contributed by atoms with Gasteiger partial charge < -0.3 is 28.5 Å². The second-order valence-corrected chi connectivity index (χ2v) is 19.9. The van der Waals surface area contributed by atoms with E-state index in [1.165, 1.54) is 173 Å². The summed E-state index contributed by atoms with van der Waals surface area (Å²) in [5.41, 5.74) is 0. The molecule has 66 heavy (non-hydrogen) atoms. The average Bonchev–Trinajstić information content (AvgIpc) is 3.28. The third-order valence-corrected chi connectivity index (χ3v) is 12.1. The smallest absolute Gasteiger partial charge is 0.361 e. The molecule has 0 aliphatic heterocycles. The zero-order valence-corrected chi connectivity index (χ0v) is 43.9. The Hall–Kier alpha value is -2.49. The molecule has 9 nitrogen and oxygen atoms in total. The number of hydrogen-bond donors (Lipinski definition) is 1. The van der Waals surface area contributed by atoms with Gasteiger partial charge in [-0.1, -0.05) is 224 Å². The fourth-order valence-electron chi connectivity index (χ4n) is 7.84. The number of carbonyl (C=O) groups is 3. The van der Waals surface area contributed by atoms with E-state index < -0.39 is 24.3 Å². The average molecular weight is 933 g/mol. The highest BCUT2D eigenvalue weighted by atomic mass is 16.7. The Morgan fingerprint density at radius 3 is 1.21 bits per heavy atom. The van der Waals surface area contributed by atoms with Crippen LogP contribution in [-0.2, 0) is 33.3 Å². The van der Waals surface area contributed by atoms with E-state index in [1.807, 2.05) is 21.1 Å². The zero-order chi connectivity index (χ0) is 48.4. The molecule has 0 rings (SSSR count). The number of carbonyl (C=O) groups excluding carboxylic acids is 2. The monoisotopic (exact) mass is 933 g/mol. The largest absolute Gasteiger partial charge is 0.477 e. The van der Waals surface area contributed by atoms with Crippen molar-refractivity contribution in [3.8, 4) is 0 Å². The van der Waals surface area contributed by atoms with Crippen LogP contribution in [0, 0.1) is 0 Å². The molecule has 0 aliphatic carbocycles. The van der Waals surface area contributed by atoms with Crippen molar-refractivity contribution in [1.29, 1.82) is 0 Å². The highest BCUT2D eigenvalue weighted by Crippen LogP contribution is 2.16. The zero-order valence-electron chi connectivity index (χ0n) is 43.9. The Balaban J connectivity index is 4.15. The summed E-state index contributed by atoms with van der Waals surface area (Å²) in [6.45, 7) is 4.88. The van der Waals surface area contributed by atoms with Gasteiger partial charge in [0.1, 0.15) is 13.2 Å². The summed E-state index contributed by atoms with van der Waals surface area (Å²) in [6.07, 6.45) is 55.1. The van der Waals surface area contributed by atoms with Crippen LogP contribution in [0.2, 0.25) is 0 Å². The molecule has 9 heteroatoms. The summed E-state index contributed by atoms with van der Waals surface area (Å²) in [7, 11) is 5.97. The molecule has 386 valence electrons. The molecular formula is C57H106NO8+. The summed E-state index contributed by atoms with van der Waals surface area (Å²) in [6, 6.07) is 0. The van der Waals surface area contributed by atoms with Crippen molar-refractivity contribution < 1.29 is 42.9 Å². The molecular weight excluding hydrogens is 827 g/mol. The van der Waals surface area contributed by atoms with Gasteiger partial charge in [0, 0.05) is 12.8 Å². The van der Waals surface area contributed by atoms with E-state index in [2.05, 4.69) is 50.3 Å². The first-order valence-corrected chi connectivity index (χ1v) is 27.7. The lowest BCUT2D eigenvalue weighted by molar-refractivity contribution is -0.870. The Bertz CT molecular complexity index is 1180. The number of carboxylic acids is 1. The van der Waals surface area contributed by atoms with E-state index in [0.717, 1.165) is 51.4 Å². The van der Waals surface area contributed by atoms with Crippen LogP contribution in [0.15, 0.2) is 36.5 Å². The molecule has 2 atom stereocenters. The van der Waals surface area contributed by atoms with Crippen molar-refractivity contribution >= 4 is 17.9 Å². The molecule has 0 spiro atoms. The fraction of sp³-hybridized carbons (Fsp3) is 0.842. The predicted octanol–water partition coefficient (Wildman–Crippen LogP) is 15.7. The van der Waals surface area contributed by atoms with Gasteiger partial charge in [-0.05, 0) is 51.4 Å². The van der Waals surface area contributed by atoms with Crippen LogP contribution >= 0.6 is 0 Å². The molecule has 2 unspecified atom stereocenters. The summed E-state index contributed by atoms with van der Waals surface area (Å²) >= 11 is 0. The fourth-order valence-corrected chi connectivity index (χ4v) is 7.84. The van der Waals surface area contributed by atoms with Gasteiger partial charge in [-0.3, -0.25) is 9.59 Å². The van der Waals surface area contributed by atoms with Crippen molar-refractivity contribution in [2.45, 2.75) is 264 Å². The van der Waals surface area contributed by atoms with Gasteiger partial charge in [0.2, 0.25) is 0 Å². The maximum atomic E-state index is 12.8. The van der Waals surface area contributed by atoms with Crippen LogP contribution in [0.3, 0.4) is 0 Å². The molecule has 0 heterocycles. The van der Waals surface area contributed by atoms with Crippen LogP contribution in [0.25, 0.3) is 0 Å². The van der Waals surface area contributed by atoms with E-state index in [9.17, 15) is 19.5 Å². The first kappa shape index (κ1) is 63.5. The summed E-state index contributed by atoms with van der Waals surface area (Å²) < 4.78 is 22.8. The van der Waals surface area contributed by atoms with Crippen LogP contribution in [-0.4, -0.2) is 87.4 Å². The molecule has 0 amide bonds. The topological polar surface area (TPSA) is 108 Å². The quantitative estimate of drug-likeness (QED) is 0.0211. The minimum Gasteiger partial charge on any atom is -0.477 e. The van der Waals surface area contributed by atoms with Crippen molar-refractivity contribution in [3.05, 3.63) is 36.5 Å². The van der Waals surface area contributed by atoms with Crippen LogP contribution in [0.5, 0.6) is 0 Å². The normalized spacial score (nSPS) is 13.0. The number of esters is 2. The first-order chi connectivity index (χ1) is 32.1. The van der Waals surface area contributed by atoms with E-state index in [-0.39, 0.29) is 32.2 Å². The maximum Gasteiger partial charge on any atom is 0.361 e. The first-order valence-electron chi connectivity index (χ1n) is 27.7. The third-order valence-electron chi connectivity index (χ3n) is 12.1. The molecule has 0 saturated heterocycles. The second kappa shape index (κ2) is 48.9. The van der Waals surface area contributed by atoms with Crippen LogP contribution < -0.4 is 0 Å². The Labute approximate surface area is 407 Å². The number of quaternary nitrogens is 1. The van der Waals surface area contributed by atoms with Gasteiger partial charge in [-0.15, -0.1) is 0 Å². The number of hydrogen-bond acceptors (Lipinski definition) is 7. The van der Waals surface area contributed by atoms with Crippen LogP contribution in [0.1, 0.15) is 251 Å². The predicted molar refractivity (Wildman–Crippen MR) is 277 cm³/mol. The number of aliphatic carboxylic acids is 1. The molecule has 1 N–H and O–H groups in total. The molecule has 0 aromatic rings. The van der Waals surface area contributed by atoms with Crippen molar-refractivity contribution in [2.75, 3.05) is 47.5 Å². The van der Waals surface area contributed by atoms with E-state index in [1.54, 1.807) is 0 Å². The summed E-state index contributed by atoms with van der Waals surface area (Å²) in [5.74, 6) is -1.99. The lowest BCUT2D eigenvalue weighted by Gasteiger charge is -2.25. The maximum absolute atomic E-state index is 12.8. The minimum absolute atomic E-state index is 0.178. The van der Waals surface area contributed by atoms with Gasteiger partial charge in [0.05, 0.1) is 34.4 Å². The van der Waals surface area contributed by atoms with E-state index >= 15 is 0 Å². The lowest BCUT2D eigenvalue weighted by Crippen LogP contribution is -2.40. The van der Waals surface area contributed by atoms with Gasteiger partial charge in [0.25, 0.3) is 6.29 Å². The second-order valence-electron chi connectivity index (χ2n) is 19.9. The molecule has 0 aromatic carbocycles. The van der Waals surface area contributed by atoms with E-state index in [0.29, 0.717) is 17.4 Å². The molecule has 0 aliphatic rings. The Morgan fingerprint density at radius 1 is 0.455 bits per heavy atom. The van der Waals surface area contributed by atoms with Crippen molar-refractivity contribution in [3.63, 3.8) is 0 Å². The number of rotatable bonds is 51. The molecule has 0 bridgehead atoms. The standard InChI is InChI=1S/C57H105NO8/c1-6-8-10-12-14-16-18-20-21-22-23-24-25-26-27-28-29-30-31-32-33-34-35-36-38-40-42-44-46-48-55(60)66-53(52-65-57(56(61)62)63-50-49-58(3,4)5)51-64-54(59)47-45-43-41-39-37-19-17-15-13-11-9-7-2/h18,20,22-23,25-26,53,57H,6-17,19,21,24,27-52H2,1-5H3/p+1/b20-18-,23-22-,26-25-. The summed E-state index contributed by atoms with van der Waals surface area (Å²) in [4.78, 5) is 37.3. The van der Waals surface area contributed by atoms with Gasteiger partial charge in [-0.2, -0.15) is 0 Å². The number of likely N-dealkylation sites (N-methyl/N-ethyl adjacent to an activating group) is 1. The molecule has 0 saturated carbocycles. The number of unbranched alkanes of at least 4 members (excludes halogenated alkanes) is 30. The van der Waals surface area contributed by atoms with Crippen LogP contribution in [0.4, 0.5) is 0 Å². The lowest BCUT2D eigenvalue weighted by atomic mass is 10.0. The molecule has 0 aromatic heterocycles. The molecule has 0 fully saturated rings. The number of carboxylic acid groups (broad SMARTS) is 1. The highest BCUT2D eigenvalue weighted by Gasteiger charge is 2.25. The van der Waals surface area contributed by atoms with Gasteiger partial charge >= 0.3 is 17.9 Å². The third kappa shape index (κ3) is 49.4. The van der Waals surface area contributed by atoms with Crippen molar-refractivity contribution in [1.82, 2.24) is 0 Å². The Kier molecular flexibility index (Phi) is 47.1. The SMILES string of the molecule is CCCCCCC/C=C\C/C=C\C/C=C\CCCCCCCCCCCCCCCCC(=O)OC(COC(=O)CCCCCCCCCCCCCC)COC(OCC[N+](C)(C)C)C(=O)O. The summed E-state index contributed by atoms with van der Waals surface area (Å²) in [5, 5.41) is 9.67. The van der Waals surface area contributed by atoms with Gasteiger partial charge in [-0.25, -0.2) is 4.79 Å². The Morgan fingerprint density at radius 2 is 0.818 bits per heavy atom. The highest BCUT2D eigenvalue weighted by molar-refractivity contribution is 5.71. The number of nitrogens with zero attached hydrogens (tertiary/aromatic N) is 1. The minimum atomic E-state index is -1.51. The number of ether oxygens (including phenoxy) is 4. The van der Waals surface area contributed by atoms with Gasteiger partial charge in [0.15, 0.2) is 6.10 Å². The number of allylic oxidation sites excluding steroid dienone is 6. The van der Waals surface area contributed by atoms with E-state index in [4.69, 9.17) is 18.9 Å².